The molecular formula is C13H19N3OS. The number of rotatable bonds is 5. The van der Waals surface area contributed by atoms with Crippen molar-refractivity contribution in [2.24, 2.45) is 10.8 Å². The molecule has 0 atom stereocenters. The highest BCUT2D eigenvalue weighted by atomic mass is 32.2. The molecule has 5 heteroatoms. The summed E-state index contributed by atoms with van der Waals surface area (Å²) in [5, 5.41) is 15.5. The summed E-state index contributed by atoms with van der Waals surface area (Å²) < 4.78 is 0. The first-order chi connectivity index (χ1) is 8.49. The summed E-state index contributed by atoms with van der Waals surface area (Å²) in [5.74, 6) is 0.702. The van der Waals surface area contributed by atoms with E-state index >= 15 is 0 Å². The first-order valence-corrected chi connectivity index (χ1v) is 6.55. The van der Waals surface area contributed by atoms with Crippen molar-refractivity contribution < 1.29 is 5.11 Å². The maximum atomic E-state index is 10.0. The molecule has 4 nitrogen and oxygen atoms in total. The third-order valence-electron chi connectivity index (χ3n) is 2.42. The summed E-state index contributed by atoms with van der Waals surface area (Å²) in [7, 11) is 0. The van der Waals surface area contributed by atoms with Gasteiger partial charge in [-0.2, -0.15) is 5.10 Å². The number of hydrogen-bond donors (Lipinski definition) is 2. The monoisotopic (exact) mass is 265 g/mol. The smallest absolute Gasteiger partial charge is 0.141 e. The van der Waals surface area contributed by atoms with Gasteiger partial charge in [-0.15, -0.1) is 11.8 Å². The molecule has 0 saturated heterocycles. The van der Waals surface area contributed by atoms with Gasteiger partial charge in [0.1, 0.15) is 11.4 Å². The molecule has 0 heterocycles. The highest BCUT2D eigenvalue weighted by Crippen LogP contribution is 2.33. The quantitative estimate of drug-likeness (QED) is 0.488. The summed E-state index contributed by atoms with van der Waals surface area (Å²) in [4.78, 5) is 1.00. The molecule has 0 aliphatic heterocycles. The number of aryl methyl sites for hydroxylation is 2. The van der Waals surface area contributed by atoms with Crippen LogP contribution in [0.3, 0.4) is 0 Å². The Hall–Kier alpha value is -1.46. The Morgan fingerprint density at radius 2 is 2.22 bits per heavy atom. The average molecular weight is 265 g/mol. The van der Waals surface area contributed by atoms with Crippen molar-refractivity contribution in [2.45, 2.75) is 20.8 Å². The number of aromatic hydroxyl groups is 1. The highest BCUT2D eigenvalue weighted by Gasteiger charge is 2.12. The lowest BCUT2D eigenvalue weighted by atomic mass is 10.1. The number of nitrogens with zero attached hydrogens (tertiary/aromatic N) is 2. The Morgan fingerprint density at radius 3 is 2.72 bits per heavy atom. The minimum absolute atomic E-state index is 0.196. The van der Waals surface area contributed by atoms with Crippen LogP contribution in [-0.2, 0) is 0 Å². The molecule has 0 amide bonds. The van der Waals surface area contributed by atoms with Gasteiger partial charge in [-0.25, -0.2) is 5.01 Å². The van der Waals surface area contributed by atoms with Gasteiger partial charge in [-0.3, -0.25) is 0 Å². The van der Waals surface area contributed by atoms with E-state index < -0.39 is 0 Å². The van der Waals surface area contributed by atoms with Gasteiger partial charge in [0.05, 0.1) is 0 Å². The average Bonchev–Trinajstić information content (AvgIpc) is 2.26. The maximum Gasteiger partial charge on any atom is 0.141 e. The molecular weight excluding hydrogens is 246 g/mol. The van der Waals surface area contributed by atoms with Crippen LogP contribution in [0.15, 0.2) is 28.3 Å². The standard InChI is InChI=1S/C13H19N3OS/c1-9-5-10(2)13(12(17)6-9)16(15-4)7-11(3)18-8-14/h5-7,17H,4,8,14H2,1-3H3/b11-7+. The molecule has 3 N–H and O–H groups in total. The Morgan fingerprint density at radius 1 is 1.56 bits per heavy atom. The Balaban J connectivity index is 3.17. The van der Waals surface area contributed by atoms with Crippen LogP contribution in [-0.4, -0.2) is 17.7 Å². The van der Waals surface area contributed by atoms with E-state index in [0.717, 1.165) is 16.0 Å². The maximum absolute atomic E-state index is 10.0. The van der Waals surface area contributed by atoms with Crippen LogP contribution in [0.1, 0.15) is 18.1 Å². The van der Waals surface area contributed by atoms with Crippen molar-refractivity contribution in [3.63, 3.8) is 0 Å². The summed E-state index contributed by atoms with van der Waals surface area (Å²) in [6.07, 6.45) is 1.81. The second-order valence-electron chi connectivity index (χ2n) is 3.99. The third kappa shape index (κ3) is 3.51. The lowest BCUT2D eigenvalue weighted by Crippen LogP contribution is -2.09. The SMILES string of the molecule is C=NN(/C=C(\C)SCN)c1c(C)cc(C)cc1O. The number of anilines is 1. The zero-order chi connectivity index (χ0) is 13.7. The molecule has 0 bridgehead atoms. The number of hydrazone groups is 1. The number of thioether (sulfide) groups is 1. The lowest BCUT2D eigenvalue weighted by molar-refractivity contribution is 0.474. The molecule has 0 spiro atoms. The van der Waals surface area contributed by atoms with E-state index in [2.05, 4.69) is 11.8 Å². The molecule has 0 saturated carbocycles. The van der Waals surface area contributed by atoms with Crippen molar-refractivity contribution in [3.05, 3.63) is 34.4 Å². The number of nitrogens with two attached hydrogens (primary N) is 1. The Bertz CT molecular complexity index is 448. The van der Waals surface area contributed by atoms with Crippen LogP contribution >= 0.6 is 11.8 Å². The van der Waals surface area contributed by atoms with Crippen LogP contribution in [0.2, 0.25) is 0 Å². The van der Waals surface area contributed by atoms with Crippen LogP contribution in [0.25, 0.3) is 0 Å². The van der Waals surface area contributed by atoms with E-state index in [1.165, 1.54) is 11.8 Å². The predicted molar refractivity (Wildman–Crippen MR) is 80.0 cm³/mol. The Labute approximate surface area is 112 Å². The summed E-state index contributed by atoms with van der Waals surface area (Å²) >= 11 is 1.51. The number of phenolic OH excluding ortho intramolecular Hbond substituents is 1. The molecule has 0 unspecified atom stereocenters. The fraction of sp³-hybridized carbons (Fsp3) is 0.308. The van der Waals surface area contributed by atoms with Crippen LogP contribution in [0.4, 0.5) is 5.69 Å². The summed E-state index contributed by atoms with van der Waals surface area (Å²) in [6.45, 7) is 9.34. The van der Waals surface area contributed by atoms with Crippen molar-refractivity contribution in [1.29, 1.82) is 0 Å². The van der Waals surface area contributed by atoms with Crippen molar-refractivity contribution in [3.8, 4) is 5.75 Å². The van der Waals surface area contributed by atoms with Crippen LogP contribution in [0.5, 0.6) is 5.75 Å². The molecule has 0 aliphatic carbocycles. The van der Waals surface area contributed by atoms with Gasteiger partial charge < -0.3 is 10.8 Å². The number of hydrogen-bond acceptors (Lipinski definition) is 5. The van der Waals surface area contributed by atoms with E-state index in [9.17, 15) is 5.11 Å². The third-order valence-corrected chi connectivity index (χ3v) is 3.15. The molecule has 0 aromatic heterocycles. The fourth-order valence-electron chi connectivity index (χ4n) is 1.75. The van der Waals surface area contributed by atoms with Gasteiger partial charge in [-0.1, -0.05) is 6.07 Å². The van der Waals surface area contributed by atoms with Gasteiger partial charge >= 0.3 is 0 Å². The molecule has 0 fully saturated rings. The minimum Gasteiger partial charge on any atom is -0.506 e. The normalized spacial score (nSPS) is 11.4. The Kier molecular flexibility index (Phi) is 5.25. The summed E-state index contributed by atoms with van der Waals surface area (Å²) in [5.41, 5.74) is 8.07. The first kappa shape index (κ1) is 14.6. The van der Waals surface area contributed by atoms with Gasteiger partial charge in [0.15, 0.2) is 0 Å². The van der Waals surface area contributed by atoms with E-state index in [1.54, 1.807) is 11.1 Å². The van der Waals surface area contributed by atoms with E-state index in [1.807, 2.05) is 33.0 Å². The molecule has 0 aliphatic rings. The zero-order valence-electron chi connectivity index (χ0n) is 11.0. The first-order valence-electron chi connectivity index (χ1n) is 5.57. The number of benzene rings is 1. The second kappa shape index (κ2) is 6.47. The van der Waals surface area contributed by atoms with Crippen LogP contribution in [0, 0.1) is 13.8 Å². The second-order valence-corrected chi connectivity index (χ2v) is 5.25. The predicted octanol–water partition coefficient (Wildman–Crippen LogP) is 2.94. The van der Waals surface area contributed by atoms with Gasteiger partial charge in [0.25, 0.3) is 0 Å². The van der Waals surface area contributed by atoms with Crippen LogP contribution < -0.4 is 10.7 Å². The largest absolute Gasteiger partial charge is 0.506 e. The molecule has 1 aromatic rings. The zero-order valence-corrected chi connectivity index (χ0v) is 11.8. The van der Waals surface area contributed by atoms with Gasteiger partial charge in [0.2, 0.25) is 0 Å². The number of allylic oxidation sites excluding steroid dienone is 1. The minimum atomic E-state index is 0.196. The molecule has 18 heavy (non-hydrogen) atoms. The molecule has 0 radical (unpaired) electrons. The van der Waals surface area contributed by atoms with E-state index in [-0.39, 0.29) is 5.75 Å². The van der Waals surface area contributed by atoms with Crippen molar-refractivity contribution >= 4 is 24.2 Å². The topological polar surface area (TPSA) is 61.8 Å². The van der Waals surface area contributed by atoms with Gasteiger partial charge in [-0.05, 0) is 38.0 Å². The molecule has 1 aromatic carbocycles. The van der Waals surface area contributed by atoms with E-state index in [0.29, 0.717) is 11.6 Å². The lowest BCUT2D eigenvalue weighted by Gasteiger charge is -2.19. The molecule has 1 rings (SSSR count). The fourth-order valence-corrected chi connectivity index (χ4v) is 2.19. The van der Waals surface area contributed by atoms with E-state index in [4.69, 9.17) is 5.73 Å². The summed E-state index contributed by atoms with van der Waals surface area (Å²) in [6, 6.07) is 3.70. The van der Waals surface area contributed by atoms with Gasteiger partial charge in [0, 0.05) is 23.7 Å². The molecule has 98 valence electrons. The number of phenols is 1. The highest BCUT2D eigenvalue weighted by molar-refractivity contribution is 8.02. The van der Waals surface area contributed by atoms with Crippen molar-refractivity contribution in [2.75, 3.05) is 10.9 Å². The van der Waals surface area contributed by atoms with Crippen molar-refractivity contribution in [1.82, 2.24) is 0 Å².